The summed E-state index contributed by atoms with van der Waals surface area (Å²) in [5, 5.41) is 3.38. The second kappa shape index (κ2) is 5.14. The molecule has 1 aliphatic heterocycles. The van der Waals surface area contributed by atoms with E-state index in [1.54, 1.807) is 4.90 Å². The predicted octanol–water partition coefficient (Wildman–Crippen LogP) is 1.45. The van der Waals surface area contributed by atoms with Crippen LogP contribution in [0.4, 0.5) is 0 Å². The second-order valence-electron chi connectivity index (χ2n) is 5.12. The minimum absolute atomic E-state index is 0.000294. The van der Waals surface area contributed by atoms with Crippen molar-refractivity contribution in [3.63, 3.8) is 0 Å². The molecule has 1 fully saturated rings. The Balaban J connectivity index is 2.01. The van der Waals surface area contributed by atoms with E-state index >= 15 is 0 Å². The quantitative estimate of drug-likeness (QED) is 0.877. The Bertz CT molecular complexity index is 450. The molecular weight excluding hydrogens is 226 g/mol. The van der Waals surface area contributed by atoms with Crippen LogP contribution in [0.2, 0.25) is 0 Å². The van der Waals surface area contributed by atoms with Crippen LogP contribution in [0.3, 0.4) is 0 Å². The molecule has 0 saturated carbocycles. The maximum Gasteiger partial charge on any atom is 0.239 e. The number of likely N-dealkylation sites (tertiary alicyclic amines) is 1. The molecule has 1 aliphatic rings. The zero-order valence-corrected chi connectivity index (χ0v) is 11.8. The van der Waals surface area contributed by atoms with E-state index < -0.39 is 0 Å². The Labute approximate surface area is 109 Å². The first-order valence-electron chi connectivity index (χ1n) is 6.68. The summed E-state index contributed by atoms with van der Waals surface area (Å²) in [6.07, 6.45) is 0.919. The number of nitrogens with zero attached hydrogens (tertiary/aromatic N) is 2. The number of carbonyl (C=O) groups excluding carboxylic acids is 1. The Morgan fingerprint density at radius 1 is 1.44 bits per heavy atom. The summed E-state index contributed by atoms with van der Waals surface area (Å²) >= 11 is 0. The molecule has 100 valence electrons. The van der Waals surface area contributed by atoms with Crippen molar-refractivity contribution in [2.75, 3.05) is 13.6 Å². The highest BCUT2D eigenvalue weighted by Gasteiger charge is 2.28. The molecule has 0 bridgehead atoms. The van der Waals surface area contributed by atoms with Crippen molar-refractivity contribution < 1.29 is 4.79 Å². The highest BCUT2D eigenvalue weighted by atomic mass is 16.2. The summed E-state index contributed by atoms with van der Waals surface area (Å²) in [5.41, 5.74) is 3.90. The topological polar surface area (TPSA) is 37.3 Å². The number of hydrogen-bond donors (Lipinski definition) is 1. The van der Waals surface area contributed by atoms with Crippen molar-refractivity contribution in [1.82, 2.24) is 14.8 Å². The average molecular weight is 249 g/mol. The zero-order chi connectivity index (χ0) is 13.3. The summed E-state index contributed by atoms with van der Waals surface area (Å²) in [7, 11) is 1.87. The SMILES string of the molecule is CCn1c(C)cc(CNC2CCN(C)C2=O)c1C. The fourth-order valence-electron chi connectivity index (χ4n) is 2.78. The zero-order valence-electron chi connectivity index (χ0n) is 11.8. The smallest absolute Gasteiger partial charge is 0.239 e. The molecule has 18 heavy (non-hydrogen) atoms. The molecule has 1 unspecified atom stereocenters. The van der Waals surface area contributed by atoms with Crippen LogP contribution < -0.4 is 5.32 Å². The maximum atomic E-state index is 11.8. The second-order valence-corrected chi connectivity index (χ2v) is 5.12. The van der Waals surface area contributed by atoms with Crippen LogP contribution in [0.15, 0.2) is 6.07 Å². The van der Waals surface area contributed by atoms with Crippen LogP contribution in [0.1, 0.15) is 30.3 Å². The van der Waals surface area contributed by atoms with Gasteiger partial charge in [-0.05, 0) is 38.8 Å². The fourth-order valence-corrected chi connectivity index (χ4v) is 2.78. The first kappa shape index (κ1) is 13.1. The predicted molar refractivity (Wildman–Crippen MR) is 72.5 cm³/mol. The number of aryl methyl sites for hydroxylation is 1. The molecule has 0 aliphatic carbocycles. The molecule has 0 radical (unpaired) electrons. The molecule has 1 N–H and O–H groups in total. The summed E-state index contributed by atoms with van der Waals surface area (Å²) < 4.78 is 2.31. The van der Waals surface area contributed by atoms with E-state index in [4.69, 9.17) is 0 Å². The summed E-state index contributed by atoms with van der Waals surface area (Å²) in [6, 6.07) is 2.22. The monoisotopic (exact) mass is 249 g/mol. The molecule has 1 saturated heterocycles. The van der Waals surface area contributed by atoms with Gasteiger partial charge in [-0.25, -0.2) is 0 Å². The van der Waals surface area contributed by atoms with Crippen LogP contribution >= 0.6 is 0 Å². The first-order valence-corrected chi connectivity index (χ1v) is 6.68. The lowest BCUT2D eigenvalue weighted by Crippen LogP contribution is -2.36. The lowest BCUT2D eigenvalue weighted by molar-refractivity contribution is -0.128. The minimum atomic E-state index is -0.000294. The summed E-state index contributed by atoms with van der Waals surface area (Å²) in [4.78, 5) is 13.6. The van der Waals surface area contributed by atoms with E-state index in [0.29, 0.717) is 0 Å². The number of likely N-dealkylation sites (N-methyl/N-ethyl adjacent to an activating group) is 1. The van der Waals surface area contributed by atoms with Crippen molar-refractivity contribution in [2.45, 2.75) is 46.3 Å². The lowest BCUT2D eigenvalue weighted by Gasteiger charge is -2.12. The van der Waals surface area contributed by atoms with Crippen LogP contribution in [0, 0.1) is 13.8 Å². The van der Waals surface area contributed by atoms with Gasteiger partial charge >= 0.3 is 0 Å². The minimum Gasteiger partial charge on any atom is -0.349 e. The van der Waals surface area contributed by atoms with Crippen molar-refractivity contribution in [3.05, 3.63) is 23.0 Å². The molecule has 4 nitrogen and oxygen atoms in total. The third-order valence-corrected chi connectivity index (χ3v) is 3.96. The van der Waals surface area contributed by atoms with Crippen LogP contribution in [-0.2, 0) is 17.9 Å². The Hall–Kier alpha value is -1.29. The number of amides is 1. The van der Waals surface area contributed by atoms with Crippen molar-refractivity contribution in [3.8, 4) is 0 Å². The third kappa shape index (κ3) is 2.29. The molecule has 1 atom stereocenters. The van der Waals surface area contributed by atoms with E-state index in [1.807, 2.05) is 7.05 Å². The van der Waals surface area contributed by atoms with Crippen molar-refractivity contribution in [1.29, 1.82) is 0 Å². The van der Waals surface area contributed by atoms with E-state index in [0.717, 1.165) is 26.1 Å². The van der Waals surface area contributed by atoms with Gasteiger partial charge < -0.3 is 14.8 Å². The fraction of sp³-hybridized carbons (Fsp3) is 0.643. The Morgan fingerprint density at radius 3 is 2.67 bits per heavy atom. The number of nitrogens with one attached hydrogen (secondary N) is 1. The van der Waals surface area contributed by atoms with Gasteiger partial charge in [0.15, 0.2) is 0 Å². The van der Waals surface area contributed by atoms with E-state index in [9.17, 15) is 4.79 Å². The van der Waals surface area contributed by atoms with Gasteiger partial charge in [-0.15, -0.1) is 0 Å². The average Bonchev–Trinajstić information content (AvgIpc) is 2.79. The van der Waals surface area contributed by atoms with Crippen molar-refractivity contribution in [2.24, 2.45) is 0 Å². The maximum absolute atomic E-state index is 11.8. The third-order valence-electron chi connectivity index (χ3n) is 3.96. The van der Waals surface area contributed by atoms with Gasteiger partial charge in [0.1, 0.15) is 0 Å². The van der Waals surface area contributed by atoms with E-state index in [1.165, 1.54) is 17.0 Å². The largest absolute Gasteiger partial charge is 0.349 e. The molecule has 0 spiro atoms. The Kier molecular flexibility index (Phi) is 3.76. The van der Waals surface area contributed by atoms with Gasteiger partial charge in [0.2, 0.25) is 5.91 Å². The van der Waals surface area contributed by atoms with Gasteiger partial charge in [-0.2, -0.15) is 0 Å². The van der Waals surface area contributed by atoms with E-state index in [2.05, 4.69) is 36.7 Å². The van der Waals surface area contributed by atoms with Gasteiger partial charge in [-0.1, -0.05) is 0 Å². The highest BCUT2D eigenvalue weighted by Crippen LogP contribution is 2.16. The number of rotatable bonds is 4. The molecule has 4 heteroatoms. The normalized spacial score (nSPS) is 19.9. The number of carbonyl (C=O) groups is 1. The van der Waals surface area contributed by atoms with Gasteiger partial charge in [0, 0.05) is 38.1 Å². The number of hydrogen-bond acceptors (Lipinski definition) is 2. The Morgan fingerprint density at radius 2 is 2.17 bits per heavy atom. The molecule has 1 aromatic heterocycles. The molecule has 1 amide bonds. The molecular formula is C14H23N3O. The van der Waals surface area contributed by atoms with Crippen LogP contribution in [0.25, 0.3) is 0 Å². The van der Waals surface area contributed by atoms with Gasteiger partial charge in [0.05, 0.1) is 6.04 Å². The first-order chi connectivity index (χ1) is 8.54. The molecule has 0 aromatic carbocycles. The summed E-state index contributed by atoms with van der Waals surface area (Å²) in [5.74, 6) is 0.222. The number of aromatic nitrogens is 1. The van der Waals surface area contributed by atoms with E-state index in [-0.39, 0.29) is 11.9 Å². The van der Waals surface area contributed by atoms with Crippen molar-refractivity contribution >= 4 is 5.91 Å². The highest BCUT2D eigenvalue weighted by molar-refractivity contribution is 5.83. The summed E-state index contributed by atoms with van der Waals surface area (Å²) in [6.45, 7) is 9.09. The van der Waals surface area contributed by atoms with Crippen LogP contribution in [0.5, 0.6) is 0 Å². The van der Waals surface area contributed by atoms with Gasteiger partial charge in [0.25, 0.3) is 0 Å². The molecule has 2 heterocycles. The standard InChI is InChI=1S/C14H23N3O/c1-5-17-10(2)8-12(11(17)3)9-15-13-6-7-16(4)14(13)18/h8,13,15H,5-7,9H2,1-4H3. The van der Waals surface area contributed by atoms with Gasteiger partial charge in [-0.3, -0.25) is 4.79 Å². The van der Waals surface area contributed by atoms with Crippen LogP contribution in [-0.4, -0.2) is 35.0 Å². The molecule has 2 rings (SSSR count). The molecule has 1 aromatic rings. The lowest BCUT2D eigenvalue weighted by atomic mass is 10.2.